The maximum absolute atomic E-state index is 14.1. The van der Waals surface area contributed by atoms with Crippen LogP contribution in [0.5, 0.6) is 0 Å². The maximum Gasteiger partial charge on any atom is 0.338 e. The number of benzene rings is 1. The van der Waals surface area contributed by atoms with E-state index in [1.54, 1.807) is 52.7 Å². The molecule has 0 aromatic heterocycles. The second-order valence-corrected chi connectivity index (χ2v) is 15.5. The molecule has 13 nitrogen and oxygen atoms in total. The normalized spacial score (nSPS) is 44.4. The Morgan fingerprint density at radius 3 is 2.02 bits per heavy atom. The van der Waals surface area contributed by atoms with E-state index in [4.69, 9.17) is 37.9 Å². The minimum absolute atomic E-state index is 0.181. The summed E-state index contributed by atoms with van der Waals surface area (Å²) in [5.74, 6) is -3.84. The lowest BCUT2D eigenvalue weighted by molar-refractivity contribution is -0.302. The largest absolute Gasteiger partial charge is 0.462 e. The fourth-order valence-electron chi connectivity index (χ4n) is 13.0. The number of carbonyl (C=O) groups excluding carboxylic acids is 4. The molecule has 1 saturated heterocycles. The fourth-order valence-corrected chi connectivity index (χ4v) is 13.0. The molecule has 5 saturated carbocycles. The lowest BCUT2D eigenvalue weighted by Crippen LogP contribution is -2.79. The Labute approximate surface area is 298 Å². The summed E-state index contributed by atoms with van der Waals surface area (Å²) >= 11 is 0. The molecule has 1 spiro atoms. The highest BCUT2D eigenvalue weighted by molar-refractivity contribution is 5.89. The third-order valence-corrected chi connectivity index (χ3v) is 13.7. The van der Waals surface area contributed by atoms with Crippen molar-refractivity contribution in [2.24, 2.45) is 34.5 Å². The Kier molecular flexibility index (Phi) is 9.09. The van der Waals surface area contributed by atoms with Gasteiger partial charge in [-0.2, -0.15) is 0 Å². The van der Waals surface area contributed by atoms with E-state index >= 15 is 0 Å². The van der Waals surface area contributed by atoms with Gasteiger partial charge in [0.1, 0.15) is 17.8 Å². The first kappa shape index (κ1) is 36.3. The number of esters is 4. The summed E-state index contributed by atoms with van der Waals surface area (Å²) in [5, 5.41) is 0. The van der Waals surface area contributed by atoms with Crippen molar-refractivity contribution in [2.75, 3.05) is 48.1 Å². The molecule has 0 radical (unpaired) electrons. The first-order valence-electron chi connectivity index (χ1n) is 18.0. The number of methoxy groups -OCH3 is 4. The molecule has 1 aromatic carbocycles. The molecule has 14 atom stereocenters. The number of fused-ring (bicyclic) bond motifs is 2. The molecule has 7 bridgehead atoms. The van der Waals surface area contributed by atoms with Crippen LogP contribution in [0.4, 0.5) is 0 Å². The molecule has 5 aliphatic carbocycles. The van der Waals surface area contributed by atoms with Crippen LogP contribution in [0.2, 0.25) is 0 Å². The van der Waals surface area contributed by atoms with Crippen LogP contribution in [-0.2, 0) is 52.3 Å². The van der Waals surface area contributed by atoms with Crippen molar-refractivity contribution in [3.05, 3.63) is 35.9 Å². The van der Waals surface area contributed by atoms with Gasteiger partial charge in [0.05, 0.1) is 24.4 Å². The molecule has 0 N–H and O–H groups in total. The second kappa shape index (κ2) is 12.8. The zero-order valence-electron chi connectivity index (χ0n) is 30.7. The summed E-state index contributed by atoms with van der Waals surface area (Å²) in [5.41, 5.74) is -3.84. The lowest BCUT2D eigenvalue weighted by Gasteiger charge is -2.70. The molecule has 51 heavy (non-hydrogen) atoms. The van der Waals surface area contributed by atoms with E-state index in [1.165, 1.54) is 20.8 Å². The van der Waals surface area contributed by atoms with E-state index in [0.29, 0.717) is 25.1 Å². The molecule has 7 rings (SSSR count). The smallest absolute Gasteiger partial charge is 0.338 e. The number of rotatable bonds is 11. The third kappa shape index (κ3) is 4.70. The van der Waals surface area contributed by atoms with Crippen LogP contribution in [0.1, 0.15) is 57.3 Å². The topological polar surface area (TPSA) is 145 Å². The second-order valence-electron chi connectivity index (χ2n) is 15.5. The van der Waals surface area contributed by atoms with Crippen molar-refractivity contribution in [1.29, 1.82) is 0 Å². The first-order valence-corrected chi connectivity index (χ1v) is 18.0. The molecule has 1 aromatic rings. The molecular weight excluding hydrogens is 662 g/mol. The van der Waals surface area contributed by atoms with Gasteiger partial charge in [0.2, 0.25) is 0 Å². The van der Waals surface area contributed by atoms with E-state index in [1.807, 2.05) is 6.07 Å². The van der Waals surface area contributed by atoms with E-state index in [9.17, 15) is 19.2 Å². The van der Waals surface area contributed by atoms with Crippen LogP contribution >= 0.6 is 0 Å². The van der Waals surface area contributed by atoms with Crippen molar-refractivity contribution in [3.63, 3.8) is 0 Å². The van der Waals surface area contributed by atoms with E-state index in [2.05, 4.69) is 11.8 Å². The van der Waals surface area contributed by atoms with Crippen molar-refractivity contribution in [2.45, 2.75) is 94.7 Å². The molecule has 8 unspecified atom stereocenters. The van der Waals surface area contributed by atoms with Gasteiger partial charge in [-0.25, -0.2) is 4.79 Å². The summed E-state index contributed by atoms with van der Waals surface area (Å²) in [6.07, 6.45) is -2.61. The maximum atomic E-state index is 14.1. The van der Waals surface area contributed by atoms with Crippen LogP contribution in [0.15, 0.2) is 30.3 Å². The molecule has 280 valence electrons. The number of likely N-dealkylation sites (tertiary alicyclic amines) is 1. The number of ether oxygens (including phenoxy) is 8. The fraction of sp³-hybridized carbons (Fsp3) is 0.737. The Morgan fingerprint density at radius 1 is 0.784 bits per heavy atom. The molecule has 6 aliphatic rings. The minimum Gasteiger partial charge on any atom is -0.462 e. The predicted octanol–water partition coefficient (Wildman–Crippen LogP) is 2.82. The highest BCUT2D eigenvalue weighted by atomic mass is 16.6. The van der Waals surface area contributed by atoms with E-state index in [0.717, 1.165) is 0 Å². The quantitative estimate of drug-likeness (QED) is 0.245. The summed E-state index contributed by atoms with van der Waals surface area (Å²) in [7, 11) is 6.55. The summed E-state index contributed by atoms with van der Waals surface area (Å²) in [4.78, 5) is 55.9. The predicted molar refractivity (Wildman–Crippen MR) is 178 cm³/mol. The van der Waals surface area contributed by atoms with Crippen molar-refractivity contribution in [1.82, 2.24) is 4.90 Å². The number of nitrogens with zero attached hydrogens (tertiary/aromatic N) is 1. The van der Waals surface area contributed by atoms with Gasteiger partial charge in [0, 0.05) is 103 Å². The Bertz CT molecular complexity index is 1560. The van der Waals surface area contributed by atoms with E-state index < -0.39 is 94.2 Å². The molecule has 13 heteroatoms. The summed E-state index contributed by atoms with van der Waals surface area (Å²) < 4.78 is 51.4. The average Bonchev–Trinajstić information content (AvgIpc) is 3.47. The Balaban J connectivity index is 1.54. The van der Waals surface area contributed by atoms with Gasteiger partial charge < -0.3 is 37.9 Å². The zero-order valence-corrected chi connectivity index (χ0v) is 30.7. The van der Waals surface area contributed by atoms with Crippen LogP contribution < -0.4 is 0 Å². The van der Waals surface area contributed by atoms with Crippen LogP contribution in [0.25, 0.3) is 0 Å². The average molecular weight is 714 g/mol. The molecule has 1 aliphatic heterocycles. The molecule has 6 fully saturated rings. The van der Waals surface area contributed by atoms with Crippen LogP contribution in [0.3, 0.4) is 0 Å². The molecule has 1 heterocycles. The number of carbonyl (C=O) groups is 4. The van der Waals surface area contributed by atoms with Gasteiger partial charge in [-0.15, -0.1) is 0 Å². The van der Waals surface area contributed by atoms with Gasteiger partial charge in [0.25, 0.3) is 0 Å². The monoisotopic (exact) mass is 713 g/mol. The minimum atomic E-state index is -1.41. The Morgan fingerprint density at radius 2 is 1.45 bits per heavy atom. The SMILES string of the molecule is CCN1CC2(COC)C(OC(C)=O)CC(OC)C34C5C[C@@]6(OC(C)=O)C(OC(=O)c7ccccc7)[C@@H]5[C@](OC(C)=O)(C[C@@H]6OC)C(C(OC)[C@H]23)[C@@H]14. The lowest BCUT2D eigenvalue weighted by atomic mass is 9.42. The standard InChI is InChI=1S/C38H51NO12/c1-9-39-18-35(19-44-5)25(48-20(2)40)15-26(45-6)38-24-16-36(50-21(3)41)27(46-7)17-37(51-22(4)42,29(32(38)39)30(47-8)31(35)38)28(24)33(36)49-34(43)23-13-11-10-12-14-23/h10-14,24-33H,9,15-19H2,1-8H3/t24?,25?,26?,27-,28+,29?,30?,31+,32+,33?,35?,36-,37+,38?/m0/s1. The molecular formula is C38H51NO12. The number of hydrogen-bond donors (Lipinski definition) is 0. The number of piperidine rings is 1. The number of hydrogen-bond acceptors (Lipinski definition) is 13. The van der Waals surface area contributed by atoms with Gasteiger partial charge >= 0.3 is 23.9 Å². The summed E-state index contributed by atoms with van der Waals surface area (Å²) in [6, 6.07) is 8.43. The highest BCUT2D eigenvalue weighted by Gasteiger charge is 2.91. The third-order valence-electron chi connectivity index (χ3n) is 13.7. The summed E-state index contributed by atoms with van der Waals surface area (Å²) in [6.45, 7) is 7.69. The van der Waals surface area contributed by atoms with Gasteiger partial charge in [0.15, 0.2) is 11.7 Å². The van der Waals surface area contributed by atoms with Crippen molar-refractivity contribution >= 4 is 23.9 Å². The first-order chi connectivity index (χ1) is 24.4. The zero-order chi connectivity index (χ0) is 36.7. The van der Waals surface area contributed by atoms with Crippen LogP contribution in [-0.4, -0.2) is 125 Å². The van der Waals surface area contributed by atoms with Crippen molar-refractivity contribution in [3.8, 4) is 0 Å². The molecule has 0 amide bonds. The van der Waals surface area contributed by atoms with Crippen LogP contribution in [0, 0.1) is 34.5 Å². The van der Waals surface area contributed by atoms with Gasteiger partial charge in [-0.3, -0.25) is 19.3 Å². The highest BCUT2D eigenvalue weighted by Crippen LogP contribution is 2.81. The van der Waals surface area contributed by atoms with Gasteiger partial charge in [-0.05, 0) is 31.0 Å². The van der Waals surface area contributed by atoms with Crippen molar-refractivity contribution < 1.29 is 57.1 Å². The Hall–Kier alpha value is -3.10. The van der Waals surface area contributed by atoms with E-state index in [-0.39, 0.29) is 31.4 Å². The van der Waals surface area contributed by atoms with Gasteiger partial charge in [-0.1, -0.05) is 25.1 Å².